The molecule has 0 radical (unpaired) electrons. The Morgan fingerprint density at radius 3 is 2.88 bits per heavy atom. The molecule has 0 bridgehead atoms. The van der Waals surface area contributed by atoms with E-state index in [9.17, 15) is 4.79 Å². The summed E-state index contributed by atoms with van der Waals surface area (Å²) in [4.78, 5) is 12.7. The lowest BCUT2D eigenvalue weighted by Crippen LogP contribution is -2.32. The Morgan fingerprint density at radius 1 is 1.50 bits per heavy atom. The van der Waals surface area contributed by atoms with Gasteiger partial charge in [0.25, 0.3) is 0 Å². The Morgan fingerprint density at radius 2 is 2.31 bits per heavy atom. The predicted octanol–water partition coefficient (Wildman–Crippen LogP) is 1.74. The van der Waals surface area contributed by atoms with Gasteiger partial charge < -0.3 is 14.7 Å². The van der Waals surface area contributed by atoms with Crippen molar-refractivity contribution in [3.63, 3.8) is 0 Å². The van der Waals surface area contributed by atoms with Gasteiger partial charge in [-0.25, -0.2) is 0 Å². The average molecular weight is 229 g/mol. The minimum Gasteiger partial charge on any atom is -0.481 e. The number of likely N-dealkylation sites (N-methyl/N-ethyl adjacent to an activating group) is 1. The lowest BCUT2D eigenvalue weighted by Gasteiger charge is -2.23. The van der Waals surface area contributed by atoms with Crippen LogP contribution in [0.15, 0.2) is 0 Å². The fraction of sp³-hybridized carbons (Fsp3) is 0.917. The maximum Gasteiger partial charge on any atom is 0.303 e. The average Bonchev–Trinajstić information content (AvgIpc) is 2.75. The molecule has 0 amide bonds. The van der Waals surface area contributed by atoms with Crippen LogP contribution >= 0.6 is 0 Å². The largest absolute Gasteiger partial charge is 0.481 e. The zero-order valence-corrected chi connectivity index (χ0v) is 10.2. The van der Waals surface area contributed by atoms with Crippen LogP contribution in [0.4, 0.5) is 0 Å². The van der Waals surface area contributed by atoms with Crippen molar-refractivity contribution in [1.82, 2.24) is 4.90 Å². The highest BCUT2D eigenvalue weighted by molar-refractivity contribution is 5.66. The van der Waals surface area contributed by atoms with Gasteiger partial charge in [-0.1, -0.05) is 6.92 Å². The fourth-order valence-electron chi connectivity index (χ4n) is 2.07. The van der Waals surface area contributed by atoms with Crippen LogP contribution in [0.1, 0.15) is 39.0 Å². The standard InChI is InChI=1S/C12H23NO3/c1-2-13(8-4-3-7-12(14)15)10-11-6-5-9-16-11/h11H,2-10H2,1H3,(H,14,15). The summed E-state index contributed by atoms with van der Waals surface area (Å²) in [6.07, 6.45) is 4.79. The molecular formula is C12H23NO3. The van der Waals surface area contributed by atoms with Gasteiger partial charge in [0.05, 0.1) is 6.10 Å². The molecule has 94 valence electrons. The van der Waals surface area contributed by atoms with Crippen LogP contribution in [0, 0.1) is 0 Å². The smallest absolute Gasteiger partial charge is 0.303 e. The Kier molecular flexibility index (Phi) is 6.42. The highest BCUT2D eigenvalue weighted by Gasteiger charge is 2.17. The van der Waals surface area contributed by atoms with Gasteiger partial charge in [-0.05, 0) is 38.8 Å². The molecule has 1 fully saturated rings. The van der Waals surface area contributed by atoms with E-state index in [1.165, 1.54) is 12.8 Å². The van der Waals surface area contributed by atoms with Crippen LogP contribution in [-0.2, 0) is 9.53 Å². The minimum atomic E-state index is -0.692. The summed E-state index contributed by atoms with van der Waals surface area (Å²) >= 11 is 0. The van der Waals surface area contributed by atoms with Gasteiger partial charge in [0.15, 0.2) is 0 Å². The van der Waals surface area contributed by atoms with Crippen LogP contribution < -0.4 is 0 Å². The molecule has 1 heterocycles. The van der Waals surface area contributed by atoms with Gasteiger partial charge in [-0.2, -0.15) is 0 Å². The number of ether oxygens (including phenoxy) is 1. The molecule has 1 unspecified atom stereocenters. The molecular weight excluding hydrogens is 206 g/mol. The first-order valence-electron chi connectivity index (χ1n) is 6.28. The van der Waals surface area contributed by atoms with Gasteiger partial charge in [-0.3, -0.25) is 4.79 Å². The second-order valence-corrected chi connectivity index (χ2v) is 4.38. The molecule has 4 heteroatoms. The molecule has 1 aliphatic heterocycles. The van der Waals surface area contributed by atoms with Crippen LogP contribution in [0.25, 0.3) is 0 Å². The molecule has 1 atom stereocenters. The van der Waals surface area contributed by atoms with Gasteiger partial charge in [0.2, 0.25) is 0 Å². The number of carbonyl (C=O) groups is 1. The Labute approximate surface area is 97.6 Å². The predicted molar refractivity (Wildman–Crippen MR) is 62.6 cm³/mol. The lowest BCUT2D eigenvalue weighted by molar-refractivity contribution is -0.137. The molecule has 0 spiro atoms. The lowest BCUT2D eigenvalue weighted by atomic mass is 10.2. The number of carboxylic acid groups (broad SMARTS) is 1. The summed E-state index contributed by atoms with van der Waals surface area (Å²) in [6, 6.07) is 0. The van der Waals surface area contributed by atoms with Crippen LogP contribution in [-0.4, -0.2) is 48.3 Å². The molecule has 1 rings (SSSR count). The number of hydrogen-bond acceptors (Lipinski definition) is 3. The molecule has 0 saturated carbocycles. The fourth-order valence-corrected chi connectivity index (χ4v) is 2.07. The molecule has 4 nitrogen and oxygen atoms in total. The van der Waals surface area contributed by atoms with E-state index in [1.54, 1.807) is 0 Å². The normalized spacial score (nSPS) is 20.5. The van der Waals surface area contributed by atoms with E-state index in [0.29, 0.717) is 6.10 Å². The highest BCUT2D eigenvalue weighted by Crippen LogP contribution is 2.13. The molecule has 1 aliphatic rings. The molecule has 16 heavy (non-hydrogen) atoms. The summed E-state index contributed by atoms with van der Waals surface area (Å²) in [5.74, 6) is -0.692. The van der Waals surface area contributed by atoms with Gasteiger partial charge in [0, 0.05) is 19.6 Å². The number of nitrogens with zero attached hydrogens (tertiary/aromatic N) is 1. The molecule has 0 aromatic rings. The topological polar surface area (TPSA) is 49.8 Å². The van der Waals surface area contributed by atoms with Crippen molar-refractivity contribution >= 4 is 5.97 Å². The van der Waals surface area contributed by atoms with Crippen molar-refractivity contribution in [2.45, 2.75) is 45.1 Å². The number of aliphatic carboxylic acids is 1. The van der Waals surface area contributed by atoms with E-state index in [4.69, 9.17) is 9.84 Å². The number of rotatable bonds is 8. The van der Waals surface area contributed by atoms with Crippen molar-refractivity contribution in [3.8, 4) is 0 Å². The van der Waals surface area contributed by atoms with E-state index in [-0.39, 0.29) is 6.42 Å². The van der Waals surface area contributed by atoms with Crippen molar-refractivity contribution < 1.29 is 14.6 Å². The van der Waals surface area contributed by atoms with Gasteiger partial charge >= 0.3 is 5.97 Å². The monoisotopic (exact) mass is 229 g/mol. The zero-order valence-electron chi connectivity index (χ0n) is 10.2. The molecule has 0 aliphatic carbocycles. The zero-order chi connectivity index (χ0) is 11.8. The summed E-state index contributed by atoms with van der Waals surface area (Å²) in [5.41, 5.74) is 0. The van der Waals surface area contributed by atoms with Crippen LogP contribution in [0.5, 0.6) is 0 Å². The van der Waals surface area contributed by atoms with Crippen molar-refractivity contribution in [2.24, 2.45) is 0 Å². The maximum absolute atomic E-state index is 10.4. The van der Waals surface area contributed by atoms with E-state index < -0.39 is 5.97 Å². The summed E-state index contributed by atoms with van der Waals surface area (Å²) in [5, 5.41) is 8.53. The van der Waals surface area contributed by atoms with Crippen LogP contribution in [0.2, 0.25) is 0 Å². The summed E-state index contributed by atoms with van der Waals surface area (Å²) in [7, 11) is 0. The van der Waals surface area contributed by atoms with Crippen molar-refractivity contribution in [3.05, 3.63) is 0 Å². The number of hydrogen-bond donors (Lipinski definition) is 1. The Hall–Kier alpha value is -0.610. The third kappa shape index (κ3) is 5.47. The number of carboxylic acids is 1. The second-order valence-electron chi connectivity index (χ2n) is 4.38. The van der Waals surface area contributed by atoms with E-state index >= 15 is 0 Å². The first-order chi connectivity index (χ1) is 7.72. The first kappa shape index (κ1) is 13.5. The highest BCUT2D eigenvalue weighted by atomic mass is 16.5. The summed E-state index contributed by atoms with van der Waals surface area (Å²) in [6.45, 7) is 6.06. The third-order valence-corrected chi connectivity index (χ3v) is 3.05. The van der Waals surface area contributed by atoms with Crippen LogP contribution in [0.3, 0.4) is 0 Å². The van der Waals surface area contributed by atoms with Crippen molar-refractivity contribution in [2.75, 3.05) is 26.2 Å². The first-order valence-corrected chi connectivity index (χ1v) is 6.28. The number of unbranched alkanes of at least 4 members (excludes halogenated alkanes) is 1. The third-order valence-electron chi connectivity index (χ3n) is 3.05. The van der Waals surface area contributed by atoms with Crippen molar-refractivity contribution in [1.29, 1.82) is 0 Å². The Bertz CT molecular complexity index is 202. The molecule has 1 saturated heterocycles. The van der Waals surface area contributed by atoms with E-state index in [2.05, 4.69) is 11.8 Å². The van der Waals surface area contributed by atoms with E-state index in [1.807, 2.05) is 0 Å². The molecule has 1 N–H and O–H groups in total. The molecule has 0 aromatic heterocycles. The summed E-state index contributed by atoms with van der Waals surface area (Å²) < 4.78 is 5.59. The molecule has 0 aromatic carbocycles. The SMILES string of the molecule is CCN(CCCCC(=O)O)CC1CCCO1. The second kappa shape index (κ2) is 7.63. The maximum atomic E-state index is 10.4. The van der Waals surface area contributed by atoms with Gasteiger partial charge in [-0.15, -0.1) is 0 Å². The quantitative estimate of drug-likeness (QED) is 0.644. The van der Waals surface area contributed by atoms with E-state index in [0.717, 1.165) is 39.1 Å². The minimum absolute atomic E-state index is 0.289. The Balaban J connectivity index is 2.08. The van der Waals surface area contributed by atoms with Gasteiger partial charge in [0.1, 0.15) is 0 Å².